The molecule has 1 aliphatic heterocycles. The number of nitrogens with two attached hydrogens (primary N) is 2. The van der Waals surface area contributed by atoms with Gasteiger partial charge >= 0.3 is 5.97 Å². The number of aliphatic hydroxyl groups is 1. The minimum Gasteiger partial charge on any atom is -0.508 e. The lowest BCUT2D eigenvalue weighted by Crippen LogP contribution is -2.61. The highest BCUT2D eigenvalue weighted by Gasteiger charge is 2.35. The molecule has 0 aromatic heterocycles. The summed E-state index contributed by atoms with van der Waals surface area (Å²) in [5.41, 5.74) is 12.5. The first-order valence-electron chi connectivity index (χ1n) is 20.1. The Morgan fingerprint density at radius 2 is 1.47 bits per heavy atom. The number of carbonyl (C=O) groups excluding carboxylic acids is 7. The molecule has 1 heterocycles. The molecule has 7 atom stereocenters. The number of carboxylic acids is 1. The summed E-state index contributed by atoms with van der Waals surface area (Å²) in [6.45, 7) is 5.06. The number of nitrogens with one attached hydrogen (secondary N) is 7. The van der Waals surface area contributed by atoms with E-state index in [9.17, 15) is 53.7 Å². The zero-order valence-corrected chi connectivity index (χ0v) is 34.1. The Hall–Kier alpha value is -5.34. The molecule has 1 aromatic rings. The third-order valence-electron chi connectivity index (χ3n) is 9.67. The summed E-state index contributed by atoms with van der Waals surface area (Å²) in [6.07, 6.45) is 0.180. The molecule has 0 saturated carbocycles. The van der Waals surface area contributed by atoms with Crippen LogP contribution in [0.25, 0.3) is 0 Å². The van der Waals surface area contributed by atoms with E-state index < -0.39 is 89.7 Å². The lowest BCUT2D eigenvalue weighted by molar-refractivity contribution is -0.144. The average Bonchev–Trinajstić information content (AvgIpc) is 3.17. The molecule has 2 rings (SSSR count). The zero-order valence-electron chi connectivity index (χ0n) is 34.1. The van der Waals surface area contributed by atoms with Crippen molar-refractivity contribution in [2.45, 2.75) is 134 Å². The summed E-state index contributed by atoms with van der Waals surface area (Å²) in [6, 6.07) is -1.92. The second-order valence-electron chi connectivity index (χ2n) is 15.1. The molecule has 1 aromatic carbocycles. The fraction of sp³-hybridized carbons (Fsp3) is 0.641. The summed E-state index contributed by atoms with van der Waals surface area (Å²) in [5.74, 6) is -6.82. The lowest BCUT2D eigenvalue weighted by Gasteiger charge is -2.28. The summed E-state index contributed by atoms with van der Waals surface area (Å²) in [7, 11) is 0. The maximum atomic E-state index is 13.9. The largest absolute Gasteiger partial charge is 0.508 e. The van der Waals surface area contributed by atoms with Crippen LogP contribution in [0.1, 0.15) is 90.5 Å². The second kappa shape index (κ2) is 25.9. The highest BCUT2D eigenvalue weighted by Crippen LogP contribution is 2.13. The number of aliphatic carboxylic acids is 1. The van der Waals surface area contributed by atoms with Gasteiger partial charge in [-0.3, -0.25) is 33.6 Å². The van der Waals surface area contributed by atoms with E-state index in [1.807, 2.05) is 0 Å². The van der Waals surface area contributed by atoms with Crippen LogP contribution in [0.4, 0.5) is 0 Å². The van der Waals surface area contributed by atoms with Crippen LogP contribution in [0, 0.1) is 5.92 Å². The SMILES string of the molecule is CC(C)[C@H](NC(=O)[C@H]1CCC(=O)NCCCC(=O)NCCCC[C@@H](NC(=O)[C@H](CCCCN)NC(=O)[C@@H](N)Cc2ccc(O)cc2)C(=O)N[C@H]([C@H](C)O)C(=O)N1)C(=O)O. The number of unbranched alkanes of at least 4 members (excludes halogenated alkanes) is 1. The van der Waals surface area contributed by atoms with E-state index in [1.54, 1.807) is 26.0 Å². The van der Waals surface area contributed by atoms with Gasteiger partial charge in [-0.25, -0.2) is 4.79 Å². The van der Waals surface area contributed by atoms with Gasteiger partial charge in [0.2, 0.25) is 41.4 Å². The van der Waals surface area contributed by atoms with E-state index >= 15 is 0 Å². The van der Waals surface area contributed by atoms with Gasteiger partial charge in [0.15, 0.2) is 0 Å². The molecular weight excluding hydrogens is 770 g/mol. The Balaban J connectivity index is 2.38. The normalized spacial score (nSPS) is 21.2. The van der Waals surface area contributed by atoms with Gasteiger partial charge in [0.25, 0.3) is 0 Å². The van der Waals surface area contributed by atoms with E-state index in [0.717, 1.165) is 0 Å². The molecule has 330 valence electrons. The van der Waals surface area contributed by atoms with Gasteiger partial charge in [-0.15, -0.1) is 0 Å². The Morgan fingerprint density at radius 3 is 2.08 bits per heavy atom. The predicted molar refractivity (Wildman–Crippen MR) is 215 cm³/mol. The maximum Gasteiger partial charge on any atom is 0.326 e. The quantitative estimate of drug-likeness (QED) is 0.0845. The number of rotatable bonds is 15. The number of benzene rings is 1. The summed E-state index contributed by atoms with van der Waals surface area (Å²) >= 11 is 0. The highest BCUT2D eigenvalue weighted by molar-refractivity contribution is 5.96. The minimum atomic E-state index is -1.69. The number of phenolic OH excluding ortho intramolecular Hbond substituents is 1. The summed E-state index contributed by atoms with van der Waals surface area (Å²) in [5, 5.41) is 47.9. The molecule has 0 spiro atoms. The van der Waals surface area contributed by atoms with Crippen molar-refractivity contribution in [1.82, 2.24) is 37.2 Å². The van der Waals surface area contributed by atoms with Crippen LogP contribution in [0.2, 0.25) is 0 Å². The molecular formula is C39H63N9O11. The van der Waals surface area contributed by atoms with Crippen LogP contribution in [-0.4, -0.2) is 125 Å². The average molecular weight is 834 g/mol. The molecule has 1 saturated heterocycles. The van der Waals surface area contributed by atoms with Gasteiger partial charge in [0.05, 0.1) is 12.1 Å². The third-order valence-corrected chi connectivity index (χ3v) is 9.67. The van der Waals surface area contributed by atoms with Gasteiger partial charge in [0.1, 0.15) is 36.0 Å². The summed E-state index contributed by atoms with van der Waals surface area (Å²) in [4.78, 5) is 105. The van der Waals surface area contributed by atoms with E-state index in [0.29, 0.717) is 44.2 Å². The van der Waals surface area contributed by atoms with Crippen molar-refractivity contribution in [1.29, 1.82) is 0 Å². The first-order valence-corrected chi connectivity index (χ1v) is 20.1. The number of phenols is 1. The molecule has 59 heavy (non-hydrogen) atoms. The number of aliphatic hydroxyl groups excluding tert-OH is 1. The summed E-state index contributed by atoms with van der Waals surface area (Å²) < 4.78 is 0. The monoisotopic (exact) mass is 833 g/mol. The Morgan fingerprint density at radius 1 is 0.831 bits per heavy atom. The second-order valence-corrected chi connectivity index (χ2v) is 15.1. The number of hydrogen-bond donors (Lipinski definition) is 12. The number of carbonyl (C=O) groups is 8. The number of amides is 7. The molecule has 7 amide bonds. The molecule has 0 radical (unpaired) electrons. The zero-order chi connectivity index (χ0) is 44.1. The topological polar surface area (TPSA) is 334 Å². The van der Waals surface area contributed by atoms with Crippen LogP contribution >= 0.6 is 0 Å². The van der Waals surface area contributed by atoms with E-state index in [1.165, 1.54) is 19.1 Å². The standard InChI is InChI=1S/C39H63N9O11/c1-22(2)32(39(58)59)47-37(56)29-16-17-31(52)43-20-8-11-30(51)42-19-7-5-10-28(36(55)48-33(23(3)49)38(57)46-29)45-35(54)27(9-4-6-18-40)44-34(53)26(41)21-24-12-14-25(50)15-13-24/h12-15,22-23,26-29,32-33,49-50H,4-11,16-21,40-41H2,1-3H3,(H,42,51)(H,43,52)(H,44,53)(H,45,54)(H,46,57)(H,47,56)(H,48,55)(H,58,59)/t23-,26-,27-,28+,29+,32-,33+/m0/s1. The number of carboxylic acid groups (broad SMARTS) is 1. The van der Waals surface area contributed by atoms with Gasteiger partial charge in [0, 0.05) is 25.9 Å². The van der Waals surface area contributed by atoms with Crippen molar-refractivity contribution in [2.24, 2.45) is 17.4 Å². The Bertz CT molecular complexity index is 1580. The predicted octanol–water partition coefficient (Wildman–Crippen LogP) is -2.09. The van der Waals surface area contributed by atoms with Crippen molar-refractivity contribution >= 4 is 47.3 Å². The van der Waals surface area contributed by atoms with Crippen molar-refractivity contribution in [3.8, 4) is 5.75 Å². The molecule has 0 aliphatic carbocycles. The van der Waals surface area contributed by atoms with Gasteiger partial charge in [-0.2, -0.15) is 0 Å². The molecule has 1 fully saturated rings. The van der Waals surface area contributed by atoms with Crippen LogP contribution in [0.3, 0.4) is 0 Å². The van der Waals surface area contributed by atoms with Gasteiger partial charge < -0.3 is 64.0 Å². The molecule has 14 N–H and O–H groups in total. The Labute approximate surface area is 344 Å². The molecule has 20 nitrogen and oxygen atoms in total. The highest BCUT2D eigenvalue weighted by atomic mass is 16.4. The van der Waals surface area contributed by atoms with Crippen molar-refractivity contribution in [3.63, 3.8) is 0 Å². The minimum absolute atomic E-state index is 0.00820. The molecule has 1 aliphatic rings. The third kappa shape index (κ3) is 18.4. The number of aromatic hydroxyl groups is 1. The first-order chi connectivity index (χ1) is 27.9. The maximum absolute atomic E-state index is 13.9. The van der Waals surface area contributed by atoms with Gasteiger partial charge in [-0.1, -0.05) is 26.0 Å². The fourth-order valence-electron chi connectivity index (χ4n) is 6.15. The smallest absolute Gasteiger partial charge is 0.326 e. The molecule has 20 heteroatoms. The van der Waals surface area contributed by atoms with E-state index in [2.05, 4.69) is 37.2 Å². The van der Waals surface area contributed by atoms with Crippen LogP contribution in [0.15, 0.2) is 24.3 Å². The fourth-order valence-corrected chi connectivity index (χ4v) is 6.15. The van der Waals surface area contributed by atoms with Crippen molar-refractivity contribution < 1.29 is 53.7 Å². The molecule has 0 bridgehead atoms. The van der Waals surface area contributed by atoms with Gasteiger partial charge in [-0.05, 0) is 94.9 Å². The molecule has 0 unspecified atom stereocenters. The lowest BCUT2D eigenvalue weighted by atomic mass is 10.0. The van der Waals surface area contributed by atoms with Crippen LogP contribution < -0.4 is 48.7 Å². The van der Waals surface area contributed by atoms with Crippen LogP contribution in [0.5, 0.6) is 5.75 Å². The first kappa shape index (κ1) is 49.8. The van der Waals surface area contributed by atoms with E-state index in [4.69, 9.17) is 11.5 Å². The van der Waals surface area contributed by atoms with Crippen molar-refractivity contribution in [3.05, 3.63) is 29.8 Å². The number of hydrogen-bond acceptors (Lipinski definition) is 12. The van der Waals surface area contributed by atoms with Crippen LogP contribution in [-0.2, 0) is 44.8 Å². The Kier molecular flexibility index (Phi) is 21.9. The van der Waals surface area contributed by atoms with E-state index in [-0.39, 0.29) is 63.3 Å². The van der Waals surface area contributed by atoms with Crippen molar-refractivity contribution in [2.75, 3.05) is 19.6 Å².